The highest BCUT2D eigenvalue weighted by molar-refractivity contribution is 8.01. The van der Waals surface area contributed by atoms with Crippen molar-refractivity contribution < 1.29 is 27.2 Å². The highest BCUT2D eigenvalue weighted by atomic mass is 32.2. The van der Waals surface area contributed by atoms with E-state index in [2.05, 4.69) is 20.8 Å². The molecule has 0 radical (unpaired) electrons. The van der Waals surface area contributed by atoms with E-state index in [0.717, 1.165) is 40.8 Å². The van der Waals surface area contributed by atoms with Gasteiger partial charge in [-0.15, -0.1) is 10.2 Å². The Balaban J connectivity index is 1.52. The van der Waals surface area contributed by atoms with E-state index in [1.165, 1.54) is 24.3 Å². The number of amides is 2. The minimum Gasteiger partial charge on any atom is -0.351 e. The molecule has 6 nitrogen and oxygen atoms in total. The number of aromatic nitrogens is 2. The first-order valence-corrected chi connectivity index (χ1v) is 10.5. The third-order valence-electron chi connectivity index (χ3n) is 3.83. The molecule has 0 aliphatic carbocycles. The normalized spacial score (nSPS) is 11.2. The molecule has 2 N–H and O–H groups in total. The van der Waals surface area contributed by atoms with Crippen LogP contribution in [0.5, 0.6) is 0 Å². The van der Waals surface area contributed by atoms with E-state index < -0.39 is 23.2 Å². The highest BCUT2D eigenvalue weighted by Gasteiger charge is 2.35. The lowest BCUT2D eigenvalue weighted by atomic mass is 10.1. The second-order valence-electron chi connectivity index (χ2n) is 6.06. The predicted molar refractivity (Wildman–Crippen MR) is 108 cm³/mol. The maximum Gasteiger partial charge on any atom is 0.417 e. The summed E-state index contributed by atoms with van der Waals surface area (Å²) in [5.41, 5.74) is -0.844. The van der Waals surface area contributed by atoms with Gasteiger partial charge >= 0.3 is 6.18 Å². The first-order chi connectivity index (χ1) is 14.7. The smallest absolute Gasteiger partial charge is 0.351 e. The average Bonchev–Trinajstić information content (AvgIpc) is 3.18. The molecule has 2 amide bonds. The van der Waals surface area contributed by atoms with E-state index >= 15 is 0 Å². The minimum atomic E-state index is -4.67. The second-order valence-corrected chi connectivity index (χ2v) is 8.26. The molecule has 1 heterocycles. The van der Waals surface area contributed by atoms with Gasteiger partial charge in [0.15, 0.2) is 4.34 Å². The summed E-state index contributed by atoms with van der Waals surface area (Å²) in [6.45, 7) is 0.232. The van der Waals surface area contributed by atoms with Gasteiger partial charge in [0.05, 0.1) is 16.9 Å². The van der Waals surface area contributed by atoms with Gasteiger partial charge in [0, 0.05) is 6.54 Å². The number of nitrogens with one attached hydrogen (secondary N) is 2. The highest BCUT2D eigenvalue weighted by Crippen LogP contribution is 2.32. The molecule has 0 bridgehead atoms. The first-order valence-electron chi connectivity index (χ1n) is 8.67. The van der Waals surface area contributed by atoms with Gasteiger partial charge in [-0.3, -0.25) is 14.9 Å². The van der Waals surface area contributed by atoms with Crippen LogP contribution in [0, 0.1) is 5.82 Å². The van der Waals surface area contributed by atoms with Crippen molar-refractivity contribution in [3.05, 3.63) is 71.0 Å². The molecular formula is C19H14F4N4O2S2. The lowest BCUT2D eigenvalue weighted by Crippen LogP contribution is -2.24. The molecule has 1 aromatic heterocycles. The van der Waals surface area contributed by atoms with Crippen molar-refractivity contribution in [3.8, 4) is 0 Å². The second kappa shape index (κ2) is 9.88. The number of benzene rings is 2. The Kier molecular flexibility index (Phi) is 7.23. The molecule has 0 aliphatic rings. The van der Waals surface area contributed by atoms with Crippen LogP contribution in [-0.2, 0) is 17.5 Å². The summed E-state index contributed by atoms with van der Waals surface area (Å²) in [4.78, 5) is 24.2. The largest absolute Gasteiger partial charge is 0.417 e. The summed E-state index contributed by atoms with van der Waals surface area (Å²) in [6, 6.07) is 10.1. The molecule has 2 aromatic carbocycles. The maximum absolute atomic E-state index is 13.1. The summed E-state index contributed by atoms with van der Waals surface area (Å²) < 4.78 is 52.4. The molecular weight excluding hydrogens is 456 g/mol. The number of hydrogen-bond donors (Lipinski definition) is 2. The molecule has 0 aliphatic heterocycles. The van der Waals surface area contributed by atoms with Crippen LogP contribution in [-0.4, -0.2) is 27.8 Å². The Morgan fingerprint density at radius 2 is 1.74 bits per heavy atom. The molecule has 0 saturated heterocycles. The first kappa shape index (κ1) is 22.7. The quantitative estimate of drug-likeness (QED) is 0.305. The number of hydrogen-bond acceptors (Lipinski definition) is 6. The van der Waals surface area contributed by atoms with Crippen LogP contribution in [0.15, 0.2) is 52.9 Å². The summed E-state index contributed by atoms with van der Waals surface area (Å²) in [7, 11) is 0. The summed E-state index contributed by atoms with van der Waals surface area (Å²) in [5, 5.41) is 12.5. The lowest BCUT2D eigenvalue weighted by molar-refractivity contribution is -0.137. The Bertz CT molecular complexity index is 1070. The Labute approximate surface area is 182 Å². The van der Waals surface area contributed by atoms with Gasteiger partial charge in [0.25, 0.3) is 5.91 Å². The van der Waals surface area contributed by atoms with E-state index in [4.69, 9.17) is 0 Å². The topological polar surface area (TPSA) is 84.0 Å². The van der Waals surface area contributed by atoms with E-state index in [0.29, 0.717) is 4.34 Å². The predicted octanol–water partition coefficient (Wildman–Crippen LogP) is 4.36. The molecule has 3 rings (SSSR count). The number of carbonyl (C=O) groups excluding carboxylic acids is 2. The number of rotatable bonds is 7. The zero-order valence-electron chi connectivity index (χ0n) is 15.6. The number of nitrogens with zero attached hydrogens (tertiary/aromatic N) is 2. The van der Waals surface area contributed by atoms with Crippen LogP contribution in [0.4, 0.5) is 22.7 Å². The van der Waals surface area contributed by atoms with Crippen molar-refractivity contribution >= 4 is 40.0 Å². The fourth-order valence-corrected chi connectivity index (χ4v) is 3.97. The molecule has 31 heavy (non-hydrogen) atoms. The van der Waals surface area contributed by atoms with Crippen molar-refractivity contribution in [1.29, 1.82) is 0 Å². The molecule has 0 saturated carbocycles. The van der Waals surface area contributed by atoms with Crippen molar-refractivity contribution in [1.82, 2.24) is 15.5 Å². The molecule has 0 spiro atoms. The van der Waals surface area contributed by atoms with E-state index in [1.54, 1.807) is 12.1 Å². The zero-order chi connectivity index (χ0) is 22.4. The summed E-state index contributed by atoms with van der Waals surface area (Å²) in [6.07, 6.45) is -4.67. The van der Waals surface area contributed by atoms with Crippen LogP contribution in [0.2, 0.25) is 0 Å². The van der Waals surface area contributed by atoms with Gasteiger partial charge in [-0.2, -0.15) is 13.2 Å². The molecule has 0 fully saturated rings. The number of anilines is 1. The fourth-order valence-electron chi connectivity index (χ4n) is 2.39. The SMILES string of the molecule is O=C(CSc1nnc(NC(=O)c2ccccc2C(F)(F)F)s1)NCc1ccc(F)cc1. The van der Waals surface area contributed by atoms with Gasteiger partial charge in [-0.25, -0.2) is 4.39 Å². The number of thioether (sulfide) groups is 1. The average molecular weight is 470 g/mol. The van der Waals surface area contributed by atoms with Gasteiger partial charge in [-0.1, -0.05) is 47.4 Å². The Morgan fingerprint density at radius 1 is 1.03 bits per heavy atom. The van der Waals surface area contributed by atoms with Crippen LogP contribution in [0.3, 0.4) is 0 Å². The van der Waals surface area contributed by atoms with Gasteiger partial charge < -0.3 is 5.32 Å². The molecule has 3 aromatic rings. The minimum absolute atomic E-state index is 0.0104. The van der Waals surface area contributed by atoms with Crippen LogP contribution in [0.1, 0.15) is 21.5 Å². The van der Waals surface area contributed by atoms with Crippen LogP contribution < -0.4 is 10.6 Å². The van der Waals surface area contributed by atoms with Gasteiger partial charge in [0.2, 0.25) is 11.0 Å². The monoisotopic (exact) mass is 470 g/mol. The Hall–Kier alpha value is -2.99. The van der Waals surface area contributed by atoms with Crippen molar-refractivity contribution in [3.63, 3.8) is 0 Å². The molecule has 162 valence electrons. The number of halogens is 4. The standard InChI is InChI=1S/C19H14F4N4O2S2/c20-12-7-5-11(6-8-12)9-24-15(28)10-30-18-27-26-17(31-18)25-16(29)13-3-1-2-4-14(13)19(21,22)23/h1-8H,9-10H2,(H,24,28)(H,25,26,29). The molecule has 0 atom stereocenters. The zero-order valence-corrected chi connectivity index (χ0v) is 17.2. The third-order valence-corrected chi connectivity index (χ3v) is 5.81. The Morgan fingerprint density at radius 3 is 2.45 bits per heavy atom. The maximum atomic E-state index is 13.1. The number of alkyl halides is 3. The molecule has 12 heteroatoms. The lowest BCUT2D eigenvalue weighted by Gasteiger charge is -2.11. The van der Waals surface area contributed by atoms with E-state index in [9.17, 15) is 27.2 Å². The van der Waals surface area contributed by atoms with Crippen molar-refractivity contribution in [2.24, 2.45) is 0 Å². The van der Waals surface area contributed by atoms with Gasteiger partial charge in [-0.05, 0) is 29.8 Å². The fraction of sp³-hybridized carbons (Fsp3) is 0.158. The van der Waals surface area contributed by atoms with Crippen molar-refractivity contribution in [2.45, 2.75) is 17.1 Å². The van der Waals surface area contributed by atoms with Crippen LogP contribution >= 0.6 is 23.1 Å². The van der Waals surface area contributed by atoms with E-state index in [-0.39, 0.29) is 29.2 Å². The van der Waals surface area contributed by atoms with Crippen molar-refractivity contribution in [2.75, 3.05) is 11.1 Å². The van der Waals surface area contributed by atoms with Gasteiger partial charge in [0.1, 0.15) is 5.82 Å². The summed E-state index contributed by atoms with van der Waals surface area (Å²) in [5.74, 6) is -1.61. The summed E-state index contributed by atoms with van der Waals surface area (Å²) >= 11 is 1.99. The number of carbonyl (C=O) groups is 2. The van der Waals surface area contributed by atoms with E-state index in [1.807, 2.05) is 0 Å². The molecule has 0 unspecified atom stereocenters. The van der Waals surface area contributed by atoms with Crippen LogP contribution in [0.25, 0.3) is 0 Å². The third kappa shape index (κ3) is 6.49.